The monoisotopic (exact) mass is 543 g/mol. The Bertz CT molecular complexity index is 1400. The number of rotatable bonds is 8. The minimum atomic E-state index is -4.49. The number of primary amides is 1. The molecule has 1 aliphatic rings. The number of halogens is 3. The van der Waals surface area contributed by atoms with E-state index in [2.05, 4.69) is 5.32 Å². The first kappa shape index (κ1) is 27.2. The molecule has 0 aromatic heterocycles. The largest absolute Gasteiger partial charge is 0.478 e. The number of carboxylic acids is 1. The number of carboxylic acid groups (broad SMARTS) is 1. The second-order valence-electron chi connectivity index (χ2n) is 8.86. The highest BCUT2D eigenvalue weighted by atomic mass is 19.4. The summed E-state index contributed by atoms with van der Waals surface area (Å²) >= 11 is 0. The standard InChI is InChI=1S/C26H24F3N5O5/c27-26(28,29)18-2-1-3-19(14-18)32-10-12-33(13-11-32)23-21(34(38)39)9-8-20(22(23)24(30)35)31-15-16-4-6-17(7-5-16)25(36)37/h1-9,14,31H,10-13,15H2,(H2,30,35)(H,36,37). The number of nitrogens with zero attached hydrogens (tertiary/aromatic N) is 3. The molecule has 1 saturated heterocycles. The summed E-state index contributed by atoms with van der Waals surface area (Å²) in [5.41, 5.74) is 5.96. The van der Waals surface area contributed by atoms with Gasteiger partial charge in [0.15, 0.2) is 0 Å². The minimum absolute atomic E-state index is 0.0300. The summed E-state index contributed by atoms with van der Waals surface area (Å²) in [7, 11) is 0. The van der Waals surface area contributed by atoms with Gasteiger partial charge in [0.1, 0.15) is 5.69 Å². The summed E-state index contributed by atoms with van der Waals surface area (Å²) in [6.45, 7) is 1.07. The number of hydrogen-bond donors (Lipinski definition) is 3. The molecule has 204 valence electrons. The van der Waals surface area contributed by atoms with Crippen LogP contribution in [0.2, 0.25) is 0 Å². The number of alkyl halides is 3. The molecule has 0 aliphatic carbocycles. The predicted octanol–water partition coefficient (Wildman–Crippen LogP) is 4.35. The lowest BCUT2D eigenvalue weighted by Gasteiger charge is -2.38. The van der Waals surface area contributed by atoms with Gasteiger partial charge in [-0.1, -0.05) is 18.2 Å². The number of piperazine rings is 1. The number of carbonyl (C=O) groups excluding carboxylic acids is 1. The highest BCUT2D eigenvalue weighted by Gasteiger charge is 2.33. The minimum Gasteiger partial charge on any atom is -0.478 e. The maximum absolute atomic E-state index is 13.2. The molecule has 1 fully saturated rings. The van der Waals surface area contributed by atoms with Crippen molar-refractivity contribution in [1.82, 2.24) is 0 Å². The van der Waals surface area contributed by atoms with Crippen molar-refractivity contribution in [3.8, 4) is 0 Å². The number of anilines is 3. The Morgan fingerprint density at radius 1 is 1.00 bits per heavy atom. The Labute approximate surface area is 220 Å². The van der Waals surface area contributed by atoms with Gasteiger partial charge >= 0.3 is 12.1 Å². The first-order valence-electron chi connectivity index (χ1n) is 11.8. The van der Waals surface area contributed by atoms with Crippen LogP contribution in [-0.2, 0) is 12.7 Å². The Morgan fingerprint density at radius 2 is 1.64 bits per heavy atom. The van der Waals surface area contributed by atoms with E-state index in [-0.39, 0.29) is 60.9 Å². The lowest BCUT2D eigenvalue weighted by atomic mass is 10.0. The molecule has 0 atom stereocenters. The summed E-state index contributed by atoms with van der Waals surface area (Å²) < 4.78 is 39.5. The molecule has 0 spiro atoms. The fourth-order valence-corrected chi connectivity index (χ4v) is 4.47. The number of nitrogens with two attached hydrogens (primary N) is 1. The summed E-state index contributed by atoms with van der Waals surface area (Å²) in [5, 5.41) is 24.0. The van der Waals surface area contributed by atoms with E-state index >= 15 is 0 Å². The molecule has 3 aromatic carbocycles. The molecular formula is C26H24F3N5O5. The van der Waals surface area contributed by atoms with Gasteiger partial charge in [-0.15, -0.1) is 0 Å². The first-order valence-corrected chi connectivity index (χ1v) is 11.8. The van der Waals surface area contributed by atoms with Crippen molar-refractivity contribution in [2.45, 2.75) is 12.7 Å². The molecule has 1 aliphatic heterocycles. The van der Waals surface area contributed by atoms with E-state index in [9.17, 15) is 32.9 Å². The Kier molecular flexibility index (Phi) is 7.61. The van der Waals surface area contributed by atoms with Crippen LogP contribution in [0.4, 0.5) is 35.9 Å². The topological polar surface area (TPSA) is 142 Å². The van der Waals surface area contributed by atoms with Crippen LogP contribution in [0.5, 0.6) is 0 Å². The summed E-state index contributed by atoms with van der Waals surface area (Å²) in [5.74, 6) is -1.96. The quantitative estimate of drug-likeness (QED) is 0.281. The van der Waals surface area contributed by atoms with Crippen LogP contribution in [0.15, 0.2) is 60.7 Å². The van der Waals surface area contributed by atoms with Crippen molar-refractivity contribution in [2.24, 2.45) is 5.73 Å². The molecular weight excluding hydrogens is 519 g/mol. The molecule has 4 N–H and O–H groups in total. The highest BCUT2D eigenvalue weighted by molar-refractivity contribution is 6.06. The van der Waals surface area contributed by atoms with Crippen molar-refractivity contribution in [1.29, 1.82) is 0 Å². The van der Waals surface area contributed by atoms with Gasteiger partial charge in [0.2, 0.25) is 0 Å². The number of nitro benzene ring substituents is 1. The zero-order valence-corrected chi connectivity index (χ0v) is 20.4. The van der Waals surface area contributed by atoms with Crippen LogP contribution in [0.3, 0.4) is 0 Å². The summed E-state index contributed by atoms with van der Waals surface area (Å²) in [6.07, 6.45) is -4.49. The average Bonchev–Trinajstić information content (AvgIpc) is 2.91. The van der Waals surface area contributed by atoms with Gasteiger partial charge in [-0.25, -0.2) is 4.79 Å². The fraction of sp³-hybridized carbons (Fsp3) is 0.231. The normalized spacial score (nSPS) is 13.7. The summed E-state index contributed by atoms with van der Waals surface area (Å²) in [6, 6.07) is 13.6. The van der Waals surface area contributed by atoms with Gasteiger partial charge < -0.3 is 26.0 Å². The van der Waals surface area contributed by atoms with Crippen LogP contribution < -0.4 is 20.9 Å². The molecule has 1 heterocycles. The van der Waals surface area contributed by atoms with Gasteiger partial charge in [0, 0.05) is 50.2 Å². The first-order chi connectivity index (χ1) is 18.5. The number of aromatic carboxylic acids is 1. The Morgan fingerprint density at radius 3 is 2.21 bits per heavy atom. The SMILES string of the molecule is NC(=O)c1c(NCc2ccc(C(=O)O)cc2)ccc([N+](=O)[O-])c1N1CCN(c2cccc(C(F)(F)F)c2)CC1. The predicted molar refractivity (Wildman–Crippen MR) is 138 cm³/mol. The molecule has 3 aromatic rings. The third-order valence-corrected chi connectivity index (χ3v) is 6.42. The maximum atomic E-state index is 13.2. The zero-order valence-electron chi connectivity index (χ0n) is 20.4. The third kappa shape index (κ3) is 6.03. The Hall–Kier alpha value is -4.81. The lowest BCUT2D eigenvalue weighted by Crippen LogP contribution is -2.47. The maximum Gasteiger partial charge on any atom is 0.416 e. The van der Waals surface area contributed by atoms with E-state index in [1.165, 1.54) is 30.3 Å². The summed E-state index contributed by atoms with van der Waals surface area (Å²) in [4.78, 5) is 38.3. The fourth-order valence-electron chi connectivity index (χ4n) is 4.47. The van der Waals surface area contributed by atoms with E-state index in [1.807, 2.05) is 0 Å². The van der Waals surface area contributed by atoms with E-state index in [0.29, 0.717) is 11.3 Å². The second kappa shape index (κ2) is 10.9. The van der Waals surface area contributed by atoms with Crippen molar-refractivity contribution < 1.29 is 32.8 Å². The molecule has 0 unspecified atom stereocenters. The van der Waals surface area contributed by atoms with E-state index in [1.54, 1.807) is 28.0 Å². The van der Waals surface area contributed by atoms with Crippen LogP contribution in [0.1, 0.15) is 31.8 Å². The van der Waals surface area contributed by atoms with Crippen LogP contribution >= 0.6 is 0 Å². The molecule has 1 amide bonds. The van der Waals surface area contributed by atoms with Gasteiger partial charge in [-0.2, -0.15) is 13.2 Å². The molecule has 0 radical (unpaired) electrons. The average molecular weight is 544 g/mol. The molecule has 39 heavy (non-hydrogen) atoms. The van der Waals surface area contributed by atoms with Crippen molar-refractivity contribution in [2.75, 3.05) is 41.3 Å². The number of amides is 1. The molecule has 10 nitrogen and oxygen atoms in total. The van der Waals surface area contributed by atoms with Crippen LogP contribution in [-0.4, -0.2) is 48.1 Å². The highest BCUT2D eigenvalue weighted by Crippen LogP contribution is 2.38. The van der Waals surface area contributed by atoms with Gasteiger partial charge in [-0.3, -0.25) is 14.9 Å². The number of hydrogen-bond acceptors (Lipinski definition) is 7. The van der Waals surface area contributed by atoms with Gasteiger partial charge in [0.25, 0.3) is 11.6 Å². The molecule has 0 bridgehead atoms. The van der Waals surface area contributed by atoms with Crippen molar-refractivity contribution in [3.63, 3.8) is 0 Å². The molecule has 13 heteroatoms. The number of carbonyl (C=O) groups is 2. The smallest absolute Gasteiger partial charge is 0.416 e. The number of benzene rings is 3. The second-order valence-corrected chi connectivity index (χ2v) is 8.86. The Balaban J connectivity index is 1.59. The molecule has 4 rings (SSSR count). The zero-order chi connectivity index (χ0) is 28.3. The van der Waals surface area contributed by atoms with E-state index in [0.717, 1.165) is 12.1 Å². The van der Waals surface area contributed by atoms with Gasteiger partial charge in [-0.05, 0) is 42.0 Å². The van der Waals surface area contributed by atoms with Crippen molar-refractivity contribution in [3.05, 3.63) is 93.0 Å². The van der Waals surface area contributed by atoms with Crippen LogP contribution in [0.25, 0.3) is 0 Å². The third-order valence-electron chi connectivity index (χ3n) is 6.42. The molecule has 0 saturated carbocycles. The number of nitro groups is 1. The van der Waals surface area contributed by atoms with Crippen LogP contribution in [0, 0.1) is 10.1 Å². The van der Waals surface area contributed by atoms with E-state index < -0.39 is 28.5 Å². The van der Waals surface area contributed by atoms with Gasteiger partial charge in [0.05, 0.1) is 21.6 Å². The lowest BCUT2D eigenvalue weighted by molar-refractivity contribution is -0.384. The number of nitrogens with one attached hydrogen (secondary N) is 1. The van der Waals surface area contributed by atoms with Crippen molar-refractivity contribution >= 4 is 34.6 Å². The van der Waals surface area contributed by atoms with E-state index in [4.69, 9.17) is 10.8 Å².